The minimum atomic E-state index is -0.225. The average Bonchev–Trinajstić information content (AvgIpc) is 2.65. The van der Waals surface area contributed by atoms with Crippen molar-refractivity contribution in [2.45, 2.75) is 13.0 Å². The van der Waals surface area contributed by atoms with Crippen LogP contribution in [0.2, 0.25) is 0 Å². The van der Waals surface area contributed by atoms with E-state index in [0.29, 0.717) is 12.1 Å². The second-order valence-corrected chi connectivity index (χ2v) is 4.89. The Bertz CT molecular complexity index is 414. The van der Waals surface area contributed by atoms with Crippen molar-refractivity contribution in [3.05, 3.63) is 29.6 Å². The van der Waals surface area contributed by atoms with Gasteiger partial charge in [-0.25, -0.2) is 4.39 Å². The Hall–Kier alpha value is -1.17. The Labute approximate surface area is 113 Å². The largest absolute Gasteiger partial charge is 0.395 e. The van der Waals surface area contributed by atoms with E-state index >= 15 is 0 Å². The van der Waals surface area contributed by atoms with Gasteiger partial charge in [0.1, 0.15) is 5.82 Å². The van der Waals surface area contributed by atoms with E-state index in [1.165, 1.54) is 0 Å². The Kier molecular flexibility index (Phi) is 5.13. The Morgan fingerprint density at radius 1 is 1.21 bits per heavy atom. The first kappa shape index (κ1) is 14.2. The van der Waals surface area contributed by atoms with Crippen LogP contribution in [0.5, 0.6) is 0 Å². The highest BCUT2D eigenvalue weighted by molar-refractivity contribution is 5.48. The van der Waals surface area contributed by atoms with E-state index in [-0.39, 0.29) is 19.0 Å². The van der Waals surface area contributed by atoms with Crippen LogP contribution < -0.4 is 10.6 Å². The molecule has 1 aromatic rings. The van der Waals surface area contributed by atoms with Crippen molar-refractivity contribution in [2.24, 2.45) is 5.73 Å². The molecule has 106 valence electrons. The van der Waals surface area contributed by atoms with Crippen molar-refractivity contribution in [2.75, 3.05) is 44.2 Å². The van der Waals surface area contributed by atoms with E-state index in [1.54, 1.807) is 12.1 Å². The molecule has 0 spiro atoms. The molecule has 4 nitrogen and oxygen atoms in total. The monoisotopic (exact) mass is 267 g/mol. The number of anilines is 1. The summed E-state index contributed by atoms with van der Waals surface area (Å²) in [6.07, 6.45) is 1.03. The summed E-state index contributed by atoms with van der Waals surface area (Å²) in [6, 6.07) is 5.28. The lowest BCUT2D eigenvalue weighted by Gasteiger charge is -2.23. The van der Waals surface area contributed by atoms with Gasteiger partial charge in [0, 0.05) is 44.0 Å². The molecule has 0 saturated carbocycles. The molecule has 0 aliphatic carbocycles. The maximum Gasteiger partial charge on any atom is 0.129 e. The smallest absolute Gasteiger partial charge is 0.129 e. The van der Waals surface area contributed by atoms with Gasteiger partial charge >= 0.3 is 0 Å². The van der Waals surface area contributed by atoms with Gasteiger partial charge in [0.15, 0.2) is 0 Å². The lowest BCUT2D eigenvalue weighted by Crippen LogP contribution is -2.32. The minimum Gasteiger partial charge on any atom is -0.395 e. The van der Waals surface area contributed by atoms with E-state index in [9.17, 15) is 4.39 Å². The van der Waals surface area contributed by atoms with Crippen LogP contribution in [-0.2, 0) is 6.54 Å². The summed E-state index contributed by atoms with van der Waals surface area (Å²) in [6.45, 7) is 4.82. The third kappa shape index (κ3) is 3.65. The number of aliphatic hydroxyl groups excluding tert-OH is 1. The molecule has 0 aromatic heterocycles. The number of halogens is 1. The normalized spacial score (nSPS) is 17.5. The van der Waals surface area contributed by atoms with Crippen molar-refractivity contribution in [3.63, 3.8) is 0 Å². The van der Waals surface area contributed by atoms with Crippen LogP contribution in [0, 0.1) is 5.82 Å². The van der Waals surface area contributed by atoms with Gasteiger partial charge in [0.05, 0.1) is 6.61 Å². The Morgan fingerprint density at radius 3 is 2.74 bits per heavy atom. The second kappa shape index (κ2) is 6.84. The first-order valence-corrected chi connectivity index (χ1v) is 6.81. The van der Waals surface area contributed by atoms with Gasteiger partial charge in [0.2, 0.25) is 0 Å². The van der Waals surface area contributed by atoms with Crippen LogP contribution in [0.25, 0.3) is 0 Å². The topological polar surface area (TPSA) is 52.7 Å². The quantitative estimate of drug-likeness (QED) is 0.847. The third-order valence-electron chi connectivity index (χ3n) is 3.63. The van der Waals surface area contributed by atoms with E-state index in [0.717, 1.165) is 38.3 Å². The van der Waals surface area contributed by atoms with Crippen molar-refractivity contribution in [1.82, 2.24) is 4.90 Å². The molecular weight excluding hydrogens is 245 g/mol. The lowest BCUT2D eigenvalue weighted by molar-refractivity contribution is 0.204. The summed E-state index contributed by atoms with van der Waals surface area (Å²) in [5, 5.41) is 8.97. The van der Waals surface area contributed by atoms with Crippen LogP contribution in [0.15, 0.2) is 18.2 Å². The Balaban J connectivity index is 2.03. The van der Waals surface area contributed by atoms with Gasteiger partial charge in [-0.3, -0.25) is 4.90 Å². The molecule has 0 atom stereocenters. The number of rotatable bonds is 4. The van der Waals surface area contributed by atoms with Crippen molar-refractivity contribution >= 4 is 5.69 Å². The number of benzene rings is 1. The van der Waals surface area contributed by atoms with E-state index in [2.05, 4.69) is 9.80 Å². The molecule has 1 fully saturated rings. The number of hydrogen-bond donors (Lipinski definition) is 2. The zero-order valence-electron chi connectivity index (χ0n) is 11.2. The lowest BCUT2D eigenvalue weighted by atomic mass is 10.1. The molecule has 0 unspecified atom stereocenters. The SMILES string of the molecule is NCc1ccc(N2CCCN(CCO)CC2)cc1F. The summed E-state index contributed by atoms with van der Waals surface area (Å²) in [5.41, 5.74) is 6.94. The van der Waals surface area contributed by atoms with Crippen LogP contribution in [0.1, 0.15) is 12.0 Å². The molecule has 1 aromatic carbocycles. The van der Waals surface area contributed by atoms with Gasteiger partial charge in [-0.05, 0) is 25.1 Å². The Morgan fingerprint density at radius 2 is 2.05 bits per heavy atom. The summed E-state index contributed by atoms with van der Waals surface area (Å²) in [7, 11) is 0. The predicted molar refractivity (Wildman–Crippen MR) is 74.6 cm³/mol. The first-order valence-electron chi connectivity index (χ1n) is 6.81. The zero-order chi connectivity index (χ0) is 13.7. The molecule has 19 heavy (non-hydrogen) atoms. The van der Waals surface area contributed by atoms with E-state index < -0.39 is 0 Å². The molecule has 0 amide bonds. The fourth-order valence-electron chi connectivity index (χ4n) is 2.49. The maximum absolute atomic E-state index is 13.8. The number of nitrogens with two attached hydrogens (primary N) is 1. The third-order valence-corrected chi connectivity index (χ3v) is 3.63. The molecule has 1 aliphatic heterocycles. The fraction of sp³-hybridized carbons (Fsp3) is 0.571. The number of nitrogens with zero attached hydrogens (tertiary/aromatic N) is 2. The molecule has 0 bridgehead atoms. The summed E-state index contributed by atoms with van der Waals surface area (Å²) < 4.78 is 13.8. The number of β-amino-alcohol motifs (C(OH)–C–C–N with tert-alkyl or cyclic N) is 1. The molecule has 3 N–H and O–H groups in total. The molecule has 0 radical (unpaired) electrons. The second-order valence-electron chi connectivity index (χ2n) is 4.89. The van der Waals surface area contributed by atoms with Gasteiger partial charge < -0.3 is 15.7 Å². The molecule has 1 saturated heterocycles. The molecule has 5 heteroatoms. The molecule has 1 heterocycles. The maximum atomic E-state index is 13.8. The first-order chi connectivity index (χ1) is 9.24. The van der Waals surface area contributed by atoms with Crippen molar-refractivity contribution < 1.29 is 9.50 Å². The highest BCUT2D eigenvalue weighted by Gasteiger charge is 2.15. The standard InChI is InChI=1S/C14H22FN3O/c15-14-10-13(3-2-12(14)11-16)18-5-1-4-17(6-7-18)8-9-19/h2-3,10,19H,1,4-9,11,16H2. The van der Waals surface area contributed by atoms with Gasteiger partial charge in [-0.2, -0.15) is 0 Å². The number of aliphatic hydroxyl groups is 1. The van der Waals surface area contributed by atoms with Crippen LogP contribution in [0.3, 0.4) is 0 Å². The number of hydrogen-bond acceptors (Lipinski definition) is 4. The minimum absolute atomic E-state index is 0.194. The van der Waals surface area contributed by atoms with E-state index in [1.807, 2.05) is 6.07 Å². The summed E-state index contributed by atoms with van der Waals surface area (Å²) in [4.78, 5) is 4.44. The zero-order valence-corrected chi connectivity index (χ0v) is 11.2. The van der Waals surface area contributed by atoms with Crippen LogP contribution in [0.4, 0.5) is 10.1 Å². The highest BCUT2D eigenvalue weighted by Crippen LogP contribution is 2.20. The van der Waals surface area contributed by atoms with Crippen LogP contribution >= 0.6 is 0 Å². The molecule has 2 rings (SSSR count). The summed E-state index contributed by atoms with van der Waals surface area (Å²) in [5.74, 6) is -0.225. The summed E-state index contributed by atoms with van der Waals surface area (Å²) >= 11 is 0. The van der Waals surface area contributed by atoms with Gasteiger partial charge in [-0.15, -0.1) is 0 Å². The highest BCUT2D eigenvalue weighted by atomic mass is 19.1. The van der Waals surface area contributed by atoms with E-state index in [4.69, 9.17) is 10.8 Å². The van der Waals surface area contributed by atoms with Crippen molar-refractivity contribution in [3.8, 4) is 0 Å². The molecule has 1 aliphatic rings. The van der Waals surface area contributed by atoms with Gasteiger partial charge in [0.25, 0.3) is 0 Å². The van der Waals surface area contributed by atoms with Gasteiger partial charge in [-0.1, -0.05) is 6.07 Å². The molecular formula is C14H22FN3O. The average molecular weight is 267 g/mol. The van der Waals surface area contributed by atoms with Crippen molar-refractivity contribution in [1.29, 1.82) is 0 Å². The van der Waals surface area contributed by atoms with Crippen LogP contribution in [-0.4, -0.2) is 49.3 Å². The fourth-order valence-corrected chi connectivity index (χ4v) is 2.49. The predicted octanol–water partition coefficient (Wildman–Crippen LogP) is 0.789.